The number of hydrogen-bond donors (Lipinski definition) is 3. The fourth-order valence-corrected chi connectivity index (χ4v) is 4.49. The van der Waals surface area contributed by atoms with Gasteiger partial charge in [0.15, 0.2) is 0 Å². The Morgan fingerprint density at radius 1 is 1.03 bits per heavy atom. The quantitative estimate of drug-likeness (QED) is 0.561. The number of hydrogen-bond acceptors (Lipinski definition) is 4. The first-order chi connectivity index (χ1) is 14.6. The van der Waals surface area contributed by atoms with E-state index in [4.69, 9.17) is 4.74 Å². The molecule has 0 radical (unpaired) electrons. The SMILES string of the molecule is COc1ccccc1NC(=O)C1=C(C)NC(=O)N[C@@H]1c1ccc(-c2ccccc2)s1. The van der Waals surface area contributed by atoms with Gasteiger partial charge in [-0.15, -0.1) is 11.3 Å². The maximum Gasteiger partial charge on any atom is 0.319 e. The third kappa shape index (κ3) is 3.92. The number of nitrogens with one attached hydrogen (secondary N) is 3. The van der Waals surface area contributed by atoms with Crippen molar-refractivity contribution in [1.82, 2.24) is 10.6 Å². The first kappa shape index (κ1) is 19.7. The van der Waals surface area contributed by atoms with E-state index in [2.05, 4.69) is 16.0 Å². The smallest absolute Gasteiger partial charge is 0.319 e. The zero-order valence-corrected chi connectivity index (χ0v) is 17.4. The van der Waals surface area contributed by atoms with Gasteiger partial charge < -0.3 is 20.7 Å². The van der Waals surface area contributed by atoms with E-state index in [1.54, 1.807) is 37.5 Å². The Kier molecular flexibility index (Phi) is 5.54. The highest BCUT2D eigenvalue weighted by atomic mass is 32.1. The lowest BCUT2D eigenvalue weighted by molar-refractivity contribution is -0.113. The fourth-order valence-electron chi connectivity index (χ4n) is 3.41. The van der Waals surface area contributed by atoms with E-state index in [0.717, 1.165) is 15.3 Å². The van der Waals surface area contributed by atoms with E-state index in [1.807, 2.05) is 54.6 Å². The minimum absolute atomic E-state index is 0.302. The Morgan fingerprint density at radius 2 is 1.77 bits per heavy atom. The van der Waals surface area contributed by atoms with E-state index >= 15 is 0 Å². The van der Waals surface area contributed by atoms with E-state index in [9.17, 15) is 9.59 Å². The van der Waals surface area contributed by atoms with Gasteiger partial charge in [-0.25, -0.2) is 4.79 Å². The Labute approximate surface area is 178 Å². The van der Waals surface area contributed by atoms with Crippen LogP contribution in [0.2, 0.25) is 0 Å². The molecule has 0 spiro atoms. The second kappa shape index (κ2) is 8.42. The Hall–Kier alpha value is -3.58. The van der Waals surface area contributed by atoms with Crippen LogP contribution < -0.4 is 20.7 Å². The molecule has 30 heavy (non-hydrogen) atoms. The van der Waals surface area contributed by atoms with Crippen molar-refractivity contribution in [2.24, 2.45) is 0 Å². The molecule has 7 heteroatoms. The van der Waals surface area contributed by atoms with Crippen molar-refractivity contribution in [3.63, 3.8) is 0 Å². The van der Waals surface area contributed by atoms with Gasteiger partial charge in [-0.05, 0) is 36.8 Å². The molecule has 1 aliphatic rings. The number of carbonyl (C=O) groups excluding carboxylic acids is 2. The third-order valence-corrected chi connectivity index (χ3v) is 6.04. The van der Waals surface area contributed by atoms with Gasteiger partial charge in [0.25, 0.3) is 5.91 Å². The maximum atomic E-state index is 13.2. The molecular formula is C23H21N3O3S. The molecule has 0 saturated carbocycles. The summed E-state index contributed by atoms with van der Waals surface area (Å²) in [4.78, 5) is 27.3. The molecular weight excluding hydrogens is 398 g/mol. The Balaban J connectivity index is 1.67. The highest BCUT2D eigenvalue weighted by Crippen LogP contribution is 2.36. The maximum absolute atomic E-state index is 13.2. The van der Waals surface area contributed by atoms with Crippen LogP contribution in [0, 0.1) is 0 Å². The van der Waals surface area contributed by atoms with Crippen LogP contribution in [0.25, 0.3) is 10.4 Å². The van der Waals surface area contributed by atoms with Gasteiger partial charge in [0.05, 0.1) is 24.4 Å². The van der Waals surface area contributed by atoms with Gasteiger partial charge in [0.2, 0.25) is 0 Å². The summed E-state index contributed by atoms with van der Waals surface area (Å²) < 4.78 is 5.33. The number of ether oxygens (including phenoxy) is 1. The molecule has 0 aliphatic carbocycles. The van der Waals surface area contributed by atoms with Gasteiger partial charge in [-0.1, -0.05) is 42.5 Å². The van der Waals surface area contributed by atoms with Crippen LogP contribution in [0.4, 0.5) is 10.5 Å². The lowest BCUT2D eigenvalue weighted by Gasteiger charge is -2.27. The lowest BCUT2D eigenvalue weighted by Crippen LogP contribution is -2.45. The molecule has 1 aliphatic heterocycles. The van der Waals surface area contributed by atoms with Gasteiger partial charge in [0.1, 0.15) is 5.75 Å². The van der Waals surface area contributed by atoms with Crippen molar-refractivity contribution in [2.45, 2.75) is 13.0 Å². The van der Waals surface area contributed by atoms with Crippen LogP contribution in [-0.2, 0) is 4.79 Å². The van der Waals surface area contributed by atoms with Crippen LogP contribution in [0.3, 0.4) is 0 Å². The number of anilines is 1. The number of urea groups is 1. The predicted molar refractivity (Wildman–Crippen MR) is 118 cm³/mol. The number of amides is 3. The second-order valence-corrected chi connectivity index (χ2v) is 7.91. The van der Waals surface area contributed by atoms with Crippen molar-refractivity contribution in [1.29, 1.82) is 0 Å². The van der Waals surface area contributed by atoms with Crippen molar-refractivity contribution in [3.8, 4) is 16.2 Å². The number of benzene rings is 2. The van der Waals surface area contributed by atoms with Gasteiger partial charge in [-0.3, -0.25) is 4.79 Å². The van der Waals surface area contributed by atoms with Crippen molar-refractivity contribution in [2.75, 3.05) is 12.4 Å². The molecule has 3 amide bonds. The van der Waals surface area contributed by atoms with Crippen LogP contribution in [0.1, 0.15) is 17.8 Å². The van der Waals surface area contributed by atoms with Gasteiger partial charge >= 0.3 is 6.03 Å². The summed E-state index contributed by atoms with van der Waals surface area (Å²) >= 11 is 1.55. The van der Waals surface area contributed by atoms with E-state index in [1.165, 1.54) is 0 Å². The Morgan fingerprint density at radius 3 is 2.53 bits per heavy atom. The Bertz CT molecular complexity index is 1120. The summed E-state index contributed by atoms with van der Waals surface area (Å²) in [5.74, 6) is 0.264. The van der Waals surface area contributed by atoms with Crippen LogP contribution >= 0.6 is 11.3 Å². The zero-order valence-electron chi connectivity index (χ0n) is 16.6. The summed E-state index contributed by atoms with van der Waals surface area (Å²) in [6.07, 6.45) is 0. The number of carbonyl (C=O) groups is 2. The summed E-state index contributed by atoms with van der Waals surface area (Å²) in [7, 11) is 1.55. The molecule has 0 fully saturated rings. The number of methoxy groups -OCH3 is 1. The molecule has 1 aromatic heterocycles. The molecule has 0 unspecified atom stereocenters. The molecule has 2 aromatic carbocycles. The van der Waals surface area contributed by atoms with Crippen LogP contribution in [-0.4, -0.2) is 19.0 Å². The van der Waals surface area contributed by atoms with Crippen LogP contribution in [0.15, 0.2) is 78.0 Å². The monoisotopic (exact) mass is 419 g/mol. The molecule has 3 N–H and O–H groups in total. The molecule has 3 aromatic rings. The van der Waals surface area contributed by atoms with Gasteiger partial charge in [-0.2, -0.15) is 0 Å². The summed E-state index contributed by atoms with van der Waals surface area (Å²) in [6, 6.07) is 20.3. The average molecular weight is 420 g/mol. The third-order valence-electron chi connectivity index (χ3n) is 4.84. The second-order valence-electron chi connectivity index (χ2n) is 6.79. The largest absolute Gasteiger partial charge is 0.495 e. The zero-order chi connectivity index (χ0) is 21.1. The van der Waals surface area contributed by atoms with E-state index < -0.39 is 6.04 Å². The van der Waals surface area contributed by atoms with Crippen molar-refractivity contribution in [3.05, 3.63) is 82.9 Å². The normalized spacial score (nSPS) is 15.9. The minimum Gasteiger partial charge on any atom is -0.495 e. The average Bonchev–Trinajstić information content (AvgIpc) is 3.24. The molecule has 6 nitrogen and oxygen atoms in total. The highest BCUT2D eigenvalue weighted by molar-refractivity contribution is 7.15. The molecule has 4 rings (SSSR count). The highest BCUT2D eigenvalue weighted by Gasteiger charge is 2.32. The molecule has 1 atom stereocenters. The minimum atomic E-state index is -0.545. The van der Waals surface area contributed by atoms with Crippen molar-refractivity contribution >= 4 is 29.0 Å². The summed E-state index contributed by atoms with van der Waals surface area (Å²) in [5.41, 5.74) is 2.64. The molecule has 2 heterocycles. The molecule has 0 bridgehead atoms. The predicted octanol–water partition coefficient (Wildman–Crippen LogP) is 4.69. The first-order valence-corrected chi connectivity index (χ1v) is 10.3. The number of allylic oxidation sites excluding steroid dienone is 1. The fraction of sp³-hybridized carbons (Fsp3) is 0.130. The van der Waals surface area contributed by atoms with Gasteiger partial charge in [0, 0.05) is 15.5 Å². The molecule has 0 saturated heterocycles. The number of thiophene rings is 1. The first-order valence-electron chi connectivity index (χ1n) is 9.44. The lowest BCUT2D eigenvalue weighted by atomic mass is 10.0. The van der Waals surface area contributed by atoms with Crippen molar-refractivity contribution < 1.29 is 14.3 Å². The topological polar surface area (TPSA) is 79.5 Å². The number of rotatable bonds is 5. The van der Waals surface area contributed by atoms with E-state index in [-0.39, 0.29) is 11.9 Å². The van der Waals surface area contributed by atoms with Crippen LogP contribution in [0.5, 0.6) is 5.75 Å². The molecule has 152 valence electrons. The summed E-state index contributed by atoms with van der Waals surface area (Å²) in [6.45, 7) is 1.73. The van der Waals surface area contributed by atoms with E-state index in [0.29, 0.717) is 22.7 Å². The standard InChI is InChI=1S/C23H21N3O3S/c1-14-20(22(27)25-16-10-6-7-11-17(16)29-2)21(26-23(28)24-14)19-13-12-18(30-19)15-8-4-3-5-9-15/h3-13,21H,1-2H3,(H,25,27)(H2,24,26,28)/t21-/m1/s1. The summed E-state index contributed by atoms with van der Waals surface area (Å²) in [5, 5.41) is 8.49. The number of para-hydroxylation sites is 2.